The van der Waals surface area contributed by atoms with Gasteiger partial charge in [-0.3, -0.25) is 19.8 Å². The highest BCUT2D eigenvalue weighted by Gasteiger charge is 2.27. The Bertz CT molecular complexity index is 1140. The summed E-state index contributed by atoms with van der Waals surface area (Å²) in [6.07, 6.45) is 0.764. The lowest BCUT2D eigenvalue weighted by molar-refractivity contribution is -0.132. The molecular weight excluding hydrogens is 440 g/mol. The van der Waals surface area contributed by atoms with Crippen molar-refractivity contribution in [2.24, 2.45) is 0 Å². The number of thiazole rings is 1. The van der Waals surface area contributed by atoms with Crippen molar-refractivity contribution in [1.29, 1.82) is 0 Å². The zero-order valence-electron chi connectivity index (χ0n) is 18.5. The summed E-state index contributed by atoms with van der Waals surface area (Å²) in [5.74, 6) is 0.422. The van der Waals surface area contributed by atoms with Crippen LogP contribution >= 0.6 is 11.3 Å². The van der Waals surface area contributed by atoms with Crippen molar-refractivity contribution in [2.45, 2.75) is 19.9 Å². The molecule has 1 aromatic carbocycles. The minimum absolute atomic E-state index is 0.172. The van der Waals surface area contributed by atoms with E-state index >= 15 is 0 Å². The molecule has 4 heterocycles. The molecule has 10 heteroatoms. The van der Waals surface area contributed by atoms with Crippen LogP contribution in [0.4, 0.5) is 10.8 Å². The molecular formula is C23H26N6O3S. The van der Waals surface area contributed by atoms with Crippen LogP contribution in [0.15, 0.2) is 40.9 Å². The monoisotopic (exact) mass is 466 g/mol. The summed E-state index contributed by atoms with van der Waals surface area (Å²) >= 11 is 1.45. The molecule has 5 rings (SSSR count). The maximum absolute atomic E-state index is 12.9. The molecule has 0 unspecified atom stereocenters. The second-order valence-corrected chi connectivity index (χ2v) is 9.41. The van der Waals surface area contributed by atoms with Crippen molar-refractivity contribution >= 4 is 34.0 Å². The van der Waals surface area contributed by atoms with Gasteiger partial charge in [-0.1, -0.05) is 23.4 Å². The number of rotatable bonds is 5. The summed E-state index contributed by atoms with van der Waals surface area (Å²) < 4.78 is 4.96. The molecule has 0 aliphatic carbocycles. The fraction of sp³-hybridized carbons (Fsp3) is 0.391. The highest BCUT2D eigenvalue weighted by Crippen LogP contribution is 2.28. The van der Waals surface area contributed by atoms with E-state index in [2.05, 4.69) is 37.4 Å². The van der Waals surface area contributed by atoms with Crippen molar-refractivity contribution < 1.29 is 14.1 Å². The van der Waals surface area contributed by atoms with Gasteiger partial charge < -0.3 is 14.3 Å². The van der Waals surface area contributed by atoms with Crippen LogP contribution in [0.25, 0.3) is 0 Å². The number of carbonyl (C=O) groups is 2. The van der Waals surface area contributed by atoms with Crippen molar-refractivity contribution in [3.05, 3.63) is 58.4 Å². The first-order valence-electron chi connectivity index (χ1n) is 11.1. The Labute approximate surface area is 196 Å². The van der Waals surface area contributed by atoms with E-state index in [-0.39, 0.29) is 17.5 Å². The van der Waals surface area contributed by atoms with Crippen LogP contribution < -0.4 is 10.2 Å². The van der Waals surface area contributed by atoms with Gasteiger partial charge in [0.2, 0.25) is 5.91 Å². The number of fused-ring (bicyclic) bond motifs is 1. The molecule has 2 aliphatic heterocycles. The van der Waals surface area contributed by atoms with E-state index in [1.165, 1.54) is 17.0 Å². The molecule has 0 radical (unpaired) electrons. The van der Waals surface area contributed by atoms with Gasteiger partial charge in [0.1, 0.15) is 5.76 Å². The van der Waals surface area contributed by atoms with E-state index in [9.17, 15) is 9.59 Å². The Morgan fingerprint density at radius 1 is 1.12 bits per heavy atom. The topological polar surface area (TPSA) is 94.8 Å². The molecule has 33 heavy (non-hydrogen) atoms. The zero-order chi connectivity index (χ0) is 22.8. The maximum atomic E-state index is 12.9. The Balaban J connectivity index is 1.13. The molecule has 2 aliphatic rings. The number of para-hydroxylation sites is 1. The van der Waals surface area contributed by atoms with E-state index in [4.69, 9.17) is 4.52 Å². The van der Waals surface area contributed by atoms with Crippen LogP contribution in [0.3, 0.4) is 0 Å². The predicted octanol–water partition coefficient (Wildman–Crippen LogP) is 2.40. The Kier molecular flexibility index (Phi) is 6.10. The van der Waals surface area contributed by atoms with Gasteiger partial charge in [-0.15, -0.1) is 11.3 Å². The number of nitrogens with zero attached hydrogens (tertiary/aromatic N) is 5. The largest absolute Gasteiger partial charge is 0.368 e. The van der Waals surface area contributed by atoms with Crippen LogP contribution in [0.2, 0.25) is 0 Å². The minimum Gasteiger partial charge on any atom is -0.368 e. The summed E-state index contributed by atoms with van der Waals surface area (Å²) in [5, 5.41) is 7.09. The number of nitrogens with one attached hydrogen (secondary N) is 1. The molecule has 0 spiro atoms. The number of amides is 2. The van der Waals surface area contributed by atoms with Gasteiger partial charge in [0.25, 0.3) is 5.91 Å². The van der Waals surface area contributed by atoms with Crippen LogP contribution in [0.1, 0.15) is 26.8 Å². The molecule has 0 atom stereocenters. The third-order valence-electron chi connectivity index (χ3n) is 6.00. The molecule has 2 amide bonds. The van der Waals surface area contributed by atoms with Gasteiger partial charge >= 0.3 is 0 Å². The SMILES string of the molecule is Cc1cc(C(=O)Nc2nc3c(s2)CN(CC(=O)N2CCN(c4ccccc4)CC2)CC3)no1. The molecule has 0 bridgehead atoms. The second kappa shape index (κ2) is 9.32. The van der Waals surface area contributed by atoms with Crippen molar-refractivity contribution in [1.82, 2.24) is 19.9 Å². The van der Waals surface area contributed by atoms with E-state index in [0.29, 0.717) is 24.0 Å². The van der Waals surface area contributed by atoms with E-state index < -0.39 is 0 Å². The molecule has 1 fully saturated rings. The highest BCUT2D eigenvalue weighted by molar-refractivity contribution is 7.15. The lowest BCUT2D eigenvalue weighted by atomic mass is 10.2. The summed E-state index contributed by atoms with van der Waals surface area (Å²) in [6.45, 7) is 6.78. The van der Waals surface area contributed by atoms with Gasteiger partial charge in [0.05, 0.1) is 12.2 Å². The quantitative estimate of drug-likeness (QED) is 0.617. The second-order valence-electron chi connectivity index (χ2n) is 8.33. The lowest BCUT2D eigenvalue weighted by Crippen LogP contribution is -2.51. The van der Waals surface area contributed by atoms with Gasteiger partial charge in [0, 0.05) is 62.3 Å². The molecule has 3 aromatic rings. The third-order valence-corrected chi connectivity index (χ3v) is 7.00. The zero-order valence-corrected chi connectivity index (χ0v) is 19.3. The van der Waals surface area contributed by atoms with Gasteiger partial charge in [-0.25, -0.2) is 4.98 Å². The van der Waals surface area contributed by atoms with E-state index in [1.54, 1.807) is 13.0 Å². The Hall–Kier alpha value is -3.24. The van der Waals surface area contributed by atoms with Crippen LogP contribution in [0.5, 0.6) is 0 Å². The van der Waals surface area contributed by atoms with E-state index in [1.807, 2.05) is 23.1 Å². The smallest absolute Gasteiger partial charge is 0.279 e. The van der Waals surface area contributed by atoms with Crippen LogP contribution in [-0.2, 0) is 17.8 Å². The number of anilines is 2. The molecule has 2 aromatic heterocycles. The highest BCUT2D eigenvalue weighted by atomic mass is 32.1. The number of carbonyl (C=O) groups excluding carboxylic acids is 2. The fourth-order valence-electron chi connectivity index (χ4n) is 4.22. The predicted molar refractivity (Wildman–Crippen MR) is 126 cm³/mol. The van der Waals surface area contributed by atoms with Gasteiger partial charge in [0.15, 0.2) is 10.8 Å². The fourth-order valence-corrected chi connectivity index (χ4v) is 5.26. The molecule has 1 N–H and O–H groups in total. The summed E-state index contributed by atoms with van der Waals surface area (Å²) in [5.41, 5.74) is 2.44. The number of piperazine rings is 1. The van der Waals surface area contributed by atoms with Crippen molar-refractivity contribution in [3.8, 4) is 0 Å². The molecule has 172 valence electrons. The normalized spacial score (nSPS) is 16.5. The molecule has 0 saturated carbocycles. The first-order chi connectivity index (χ1) is 16.0. The summed E-state index contributed by atoms with van der Waals surface area (Å²) in [4.78, 5) is 37.3. The van der Waals surface area contributed by atoms with Crippen molar-refractivity contribution in [3.63, 3.8) is 0 Å². The average Bonchev–Trinajstić information content (AvgIpc) is 3.45. The van der Waals surface area contributed by atoms with Crippen LogP contribution in [0, 0.1) is 6.92 Å². The number of aryl methyl sites for hydroxylation is 1. The Morgan fingerprint density at radius 3 is 2.64 bits per heavy atom. The Morgan fingerprint density at radius 2 is 1.91 bits per heavy atom. The minimum atomic E-state index is -0.334. The first-order valence-corrected chi connectivity index (χ1v) is 11.9. The average molecular weight is 467 g/mol. The third kappa shape index (κ3) is 4.91. The van der Waals surface area contributed by atoms with Crippen molar-refractivity contribution in [2.75, 3.05) is 49.5 Å². The summed E-state index contributed by atoms with van der Waals surface area (Å²) in [6, 6.07) is 11.9. The molecule has 9 nitrogen and oxygen atoms in total. The van der Waals surface area contributed by atoms with Gasteiger partial charge in [-0.05, 0) is 19.1 Å². The number of hydrogen-bond acceptors (Lipinski definition) is 8. The van der Waals surface area contributed by atoms with Crippen LogP contribution in [-0.4, -0.2) is 71.0 Å². The van der Waals surface area contributed by atoms with Gasteiger partial charge in [-0.2, -0.15) is 0 Å². The number of aromatic nitrogens is 2. The van der Waals surface area contributed by atoms with E-state index in [0.717, 1.165) is 49.7 Å². The maximum Gasteiger partial charge on any atom is 0.279 e. The summed E-state index contributed by atoms with van der Waals surface area (Å²) in [7, 11) is 0. The standard InChI is InChI=1S/C23H26N6O3S/c1-16-13-19(26-32-16)22(31)25-23-24-18-7-8-27(14-20(18)33-23)15-21(30)29-11-9-28(10-12-29)17-5-3-2-4-6-17/h2-6,13H,7-12,14-15H2,1H3,(H,24,25,31). The lowest BCUT2D eigenvalue weighted by Gasteiger charge is -2.37. The number of benzene rings is 1. The molecule has 1 saturated heterocycles. The first kappa shape index (κ1) is 21.6. The number of hydrogen-bond donors (Lipinski definition) is 1.